The molecule has 7 heteroatoms. The van der Waals surface area contributed by atoms with Gasteiger partial charge in [-0.3, -0.25) is 0 Å². The zero-order valence-corrected chi connectivity index (χ0v) is 16.3. The molecular weight excluding hydrogens is 364 g/mol. The second kappa shape index (κ2) is 10.1. The summed E-state index contributed by atoms with van der Waals surface area (Å²) in [6.07, 6.45) is 5.04. The van der Waals surface area contributed by atoms with E-state index in [0.717, 1.165) is 56.1 Å². The topological polar surface area (TPSA) is 59.8 Å². The Morgan fingerprint density at radius 3 is 2.59 bits per heavy atom. The molecule has 144 valence electrons. The number of halogens is 1. The molecule has 1 fully saturated rings. The number of hydrogen-bond acceptors (Lipinski definition) is 6. The molecule has 1 aromatic heterocycles. The van der Waals surface area contributed by atoms with E-state index in [4.69, 9.17) is 21.2 Å². The van der Waals surface area contributed by atoms with Gasteiger partial charge >= 0.3 is 0 Å². The summed E-state index contributed by atoms with van der Waals surface area (Å²) in [5, 5.41) is 12.4. The Hall–Kier alpha value is -2.34. The summed E-state index contributed by atoms with van der Waals surface area (Å²) in [6.45, 7) is 5.20. The van der Waals surface area contributed by atoms with Gasteiger partial charge in [-0.2, -0.15) is 0 Å². The summed E-state index contributed by atoms with van der Waals surface area (Å²) in [5.41, 5.74) is 0.994. The van der Waals surface area contributed by atoms with Crippen molar-refractivity contribution >= 4 is 23.6 Å². The van der Waals surface area contributed by atoms with Crippen LogP contribution in [0.15, 0.2) is 41.6 Å². The summed E-state index contributed by atoms with van der Waals surface area (Å²) in [4.78, 5) is 7.23. The average molecular weight is 389 g/mol. The first-order valence-corrected chi connectivity index (χ1v) is 9.75. The highest BCUT2D eigenvalue weighted by Crippen LogP contribution is 2.24. The van der Waals surface area contributed by atoms with Gasteiger partial charge < -0.3 is 14.5 Å². The first-order valence-electron chi connectivity index (χ1n) is 9.37. The number of aromatic nitrogens is 2. The van der Waals surface area contributed by atoms with Gasteiger partial charge in [-0.25, -0.2) is 0 Å². The van der Waals surface area contributed by atoms with E-state index in [1.165, 1.54) is 0 Å². The zero-order valence-electron chi connectivity index (χ0n) is 15.6. The van der Waals surface area contributed by atoms with Crippen LogP contribution in [0.3, 0.4) is 0 Å². The number of piperidine rings is 1. The number of nitrogens with zero attached hydrogens (tertiary/aromatic N) is 4. The number of oxime groups is 1. The number of benzene rings is 1. The molecule has 0 saturated carbocycles. The van der Waals surface area contributed by atoms with Gasteiger partial charge in [0.2, 0.25) is 0 Å². The molecule has 0 aliphatic carbocycles. The Labute approximate surface area is 165 Å². The molecule has 6 nitrogen and oxygen atoms in total. The Bertz CT molecular complexity index is 714. The van der Waals surface area contributed by atoms with Gasteiger partial charge in [-0.05, 0) is 74.1 Å². The molecular formula is C20H25ClN4O2. The van der Waals surface area contributed by atoms with E-state index in [2.05, 4.69) is 20.3 Å². The van der Waals surface area contributed by atoms with E-state index in [1.54, 1.807) is 12.3 Å². The molecule has 0 unspecified atom stereocenters. The van der Waals surface area contributed by atoms with Crippen molar-refractivity contribution in [3.8, 4) is 5.75 Å². The van der Waals surface area contributed by atoms with Crippen LogP contribution in [-0.4, -0.2) is 42.7 Å². The van der Waals surface area contributed by atoms with E-state index >= 15 is 0 Å². The normalized spacial score (nSPS) is 15.3. The fourth-order valence-electron chi connectivity index (χ4n) is 3.09. The first-order chi connectivity index (χ1) is 13.2. The van der Waals surface area contributed by atoms with Gasteiger partial charge in [0, 0.05) is 13.1 Å². The lowest BCUT2D eigenvalue weighted by Gasteiger charge is -2.32. The van der Waals surface area contributed by atoms with Crippen LogP contribution in [0.5, 0.6) is 5.75 Å². The number of hydrogen-bond donors (Lipinski definition) is 0. The number of ether oxygens (including phenoxy) is 1. The lowest BCUT2D eigenvalue weighted by Crippen LogP contribution is -2.34. The van der Waals surface area contributed by atoms with Crippen molar-refractivity contribution in [1.29, 1.82) is 0 Å². The molecule has 0 N–H and O–H groups in total. The zero-order chi connectivity index (χ0) is 18.9. The lowest BCUT2D eigenvalue weighted by molar-refractivity contribution is 0.160. The van der Waals surface area contributed by atoms with Crippen LogP contribution >= 0.6 is 11.6 Å². The third-order valence-electron chi connectivity index (χ3n) is 4.64. The summed E-state index contributed by atoms with van der Waals surface area (Å²) >= 11 is 5.80. The second-order valence-corrected chi connectivity index (χ2v) is 6.89. The van der Waals surface area contributed by atoms with Crippen LogP contribution in [0.1, 0.15) is 31.7 Å². The van der Waals surface area contributed by atoms with Gasteiger partial charge in [0.05, 0.1) is 12.8 Å². The standard InChI is InChI=1S/C20H25ClN4O2/c1-2-27-22-15-17-3-5-18(6-4-17)26-14-11-16-9-12-25(13-10-16)20-8-7-19(21)23-24-20/h3-8,15-16H,2,9-14H2,1H3/b22-15-. The quantitative estimate of drug-likeness (QED) is 0.501. The summed E-state index contributed by atoms with van der Waals surface area (Å²) < 4.78 is 5.89. The molecule has 1 aromatic carbocycles. The third kappa shape index (κ3) is 6.10. The molecule has 1 aliphatic heterocycles. The molecule has 1 saturated heterocycles. The van der Waals surface area contributed by atoms with Crippen LogP contribution in [0.25, 0.3) is 0 Å². The molecule has 0 atom stereocenters. The highest BCUT2D eigenvalue weighted by Gasteiger charge is 2.20. The van der Waals surface area contributed by atoms with Crippen LogP contribution in [0.4, 0.5) is 5.82 Å². The average Bonchev–Trinajstić information content (AvgIpc) is 2.71. The van der Waals surface area contributed by atoms with Crippen molar-refractivity contribution in [3.63, 3.8) is 0 Å². The molecule has 0 spiro atoms. The Kier molecular flexibility index (Phi) is 7.27. The van der Waals surface area contributed by atoms with Crippen LogP contribution < -0.4 is 9.64 Å². The smallest absolute Gasteiger partial charge is 0.151 e. The van der Waals surface area contributed by atoms with Gasteiger partial charge in [-0.15, -0.1) is 10.2 Å². The summed E-state index contributed by atoms with van der Waals surface area (Å²) in [5.74, 6) is 2.47. The number of rotatable bonds is 8. The van der Waals surface area contributed by atoms with Crippen LogP contribution in [-0.2, 0) is 4.84 Å². The molecule has 3 rings (SSSR count). The van der Waals surface area contributed by atoms with Gasteiger partial charge in [-0.1, -0.05) is 16.8 Å². The van der Waals surface area contributed by atoms with Gasteiger partial charge in [0.15, 0.2) is 11.0 Å². The monoisotopic (exact) mass is 388 g/mol. The van der Waals surface area contributed by atoms with Crippen molar-refractivity contribution in [2.75, 3.05) is 31.2 Å². The highest BCUT2D eigenvalue weighted by atomic mass is 35.5. The molecule has 2 aromatic rings. The maximum Gasteiger partial charge on any atom is 0.151 e. The molecule has 0 amide bonds. The van der Waals surface area contributed by atoms with Crippen molar-refractivity contribution in [3.05, 3.63) is 47.1 Å². The minimum atomic E-state index is 0.431. The lowest BCUT2D eigenvalue weighted by atomic mass is 9.94. The maximum absolute atomic E-state index is 5.89. The van der Waals surface area contributed by atoms with Crippen molar-refractivity contribution < 1.29 is 9.57 Å². The van der Waals surface area contributed by atoms with Crippen LogP contribution in [0, 0.1) is 5.92 Å². The Balaban J connectivity index is 1.37. The van der Waals surface area contributed by atoms with E-state index in [-0.39, 0.29) is 0 Å². The molecule has 0 radical (unpaired) electrons. The van der Waals surface area contributed by atoms with E-state index < -0.39 is 0 Å². The fourth-order valence-corrected chi connectivity index (χ4v) is 3.20. The predicted molar refractivity (Wildman–Crippen MR) is 108 cm³/mol. The molecule has 2 heterocycles. The summed E-state index contributed by atoms with van der Waals surface area (Å²) in [7, 11) is 0. The van der Waals surface area contributed by atoms with Gasteiger partial charge in [0.25, 0.3) is 0 Å². The SMILES string of the molecule is CCO/N=C\c1ccc(OCCC2CCN(c3ccc(Cl)nn3)CC2)cc1. The van der Waals surface area contributed by atoms with Crippen molar-refractivity contribution in [2.45, 2.75) is 26.2 Å². The molecule has 1 aliphatic rings. The Morgan fingerprint density at radius 1 is 1.15 bits per heavy atom. The minimum Gasteiger partial charge on any atom is -0.494 e. The number of anilines is 1. The fraction of sp³-hybridized carbons (Fsp3) is 0.450. The van der Waals surface area contributed by atoms with Crippen molar-refractivity contribution in [2.24, 2.45) is 11.1 Å². The highest BCUT2D eigenvalue weighted by molar-refractivity contribution is 6.29. The van der Waals surface area contributed by atoms with Gasteiger partial charge in [0.1, 0.15) is 12.4 Å². The first kappa shape index (κ1) is 19.4. The molecule has 0 bridgehead atoms. The summed E-state index contributed by atoms with van der Waals surface area (Å²) in [6, 6.07) is 11.6. The largest absolute Gasteiger partial charge is 0.494 e. The van der Waals surface area contributed by atoms with E-state index in [9.17, 15) is 0 Å². The maximum atomic E-state index is 5.89. The van der Waals surface area contributed by atoms with E-state index in [1.807, 2.05) is 37.3 Å². The Morgan fingerprint density at radius 2 is 1.93 bits per heavy atom. The van der Waals surface area contributed by atoms with E-state index in [0.29, 0.717) is 17.7 Å². The molecule has 27 heavy (non-hydrogen) atoms. The second-order valence-electron chi connectivity index (χ2n) is 6.50. The van der Waals surface area contributed by atoms with Crippen LogP contribution in [0.2, 0.25) is 5.15 Å². The minimum absolute atomic E-state index is 0.431. The van der Waals surface area contributed by atoms with Crippen molar-refractivity contribution in [1.82, 2.24) is 10.2 Å². The third-order valence-corrected chi connectivity index (χ3v) is 4.84. The predicted octanol–water partition coefficient (Wildman–Crippen LogP) is 4.19.